The highest BCUT2D eigenvalue weighted by atomic mass is 16.1. The summed E-state index contributed by atoms with van der Waals surface area (Å²) in [7, 11) is 0. The summed E-state index contributed by atoms with van der Waals surface area (Å²) in [5.41, 5.74) is 0.771. The number of rotatable bonds is 1. The lowest BCUT2D eigenvalue weighted by atomic mass is 10.1. The van der Waals surface area contributed by atoms with E-state index >= 15 is 0 Å². The number of nitrogens with zero attached hydrogens (tertiary/aromatic N) is 1. The van der Waals surface area contributed by atoms with Gasteiger partial charge in [-0.1, -0.05) is 0 Å². The maximum atomic E-state index is 11.0. The van der Waals surface area contributed by atoms with Gasteiger partial charge in [-0.15, -0.1) is 0 Å². The van der Waals surface area contributed by atoms with Gasteiger partial charge >= 0.3 is 0 Å². The minimum Gasteiger partial charge on any atom is -0.366 e. The number of ketones is 1. The summed E-state index contributed by atoms with van der Waals surface area (Å²) in [6, 6.07) is 0. The molecule has 0 aliphatic carbocycles. The smallest absolute Gasteiger partial charge is 0.159 e. The number of allylic oxidation sites excluding steroid dienone is 2. The molecule has 0 amide bonds. The molecule has 1 N–H and O–H groups in total. The number of hydrogen-bond acceptors (Lipinski definition) is 3. The van der Waals surface area contributed by atoms with Gasteiger partial charge in [0.25, 0.3) is 0 Å². The van der Waals surface area contributed by atoms with E-state index in [4.69, 9.17) is 0 Å². The molecule has 1 unspecified atom stereocenters. The van der Waals surface area contributed by atoms with E-state index in [2.05, 4.69) is 5.32 Å². The van der Waals surface area contributed by atoms with Gasteiger partial charge in [0.1, 0.15) is 6.17 Å². The van der Waals surface area contributed by atoms with Gasteiger partial charge in [-0.3, -0.25) is 4.79 Å². The van der Waals surface area contributed by atoms with E-state index in [1.807, 2.05) is 35.7 Å². The number of fused-ring (bicyclic) bond motifs is 1. The number of hydrogen-bond donors (Lipinski definition) is 1. The quantitative estimate of drug-likeness (QED) is 0.617. The third kappa shape index (κ3) is 1.03. The van der Waals surface area contributed by atoms with E-state index in [-0.39, 0.29) is 11.9 Å². The topological polar surface area (TPSA) is 32.3 Å². The molecule has 0 aromatic carbocycles. The van der Waals surface area contributed by atoms with Gasteiger partial charge in [-0.05, 0) is 19.1 Å². The highest BCUT2D eigenvalue weighted by Crippen LogP contribution is 2.16. The summed E-state index contributed by atoms with van der Waals surface area (Å²) in [4.78, 5) is 13.0. The van der Waals surface area contributed by atoms with Crippen LogP contribution < -0.4 is 5.32 Å². The first-order valence-electron chi connectivity index (χ1n) is 3.88. The Hall–Kier alpha value is -1.51. The summed E-state index contributed by atoms with van der Waals surface area (Å²) >= 11 is 0. The third-order valence-electron chi connectivity index (χ3n) is 2.01. The fourth-order valence-corrected chi connectivity index (χ4v) is 1.31. The normalized spacial score (nSPS) is 24.9. The summed E-state index contributed by atoms with van der Waals surface area (Å²) in [6.45, 7) is 1.58. The predicted molar refractivity (Wildman–Crippen MR) is 45.8 cm³/mol. The minimum atomic E-state index is 0.111. The van der Waals surface area contributed by atoms with Gasteiger partial charge in [0.15, 0.2) is 5.78 Å². The summed E-state index contributed by atoms with van der Waals surface area (Å²) in [5, 5.41) is 3.11. The van der Waals surface area contributed by atoms with E-state index in [9.17, 15) is 4.79 Å². The minimum absolute atomic E-state index is 0.111. The number of carbonyl (C=O) groups excluding carboxylic acids is 1. The van der Waals surface area contributed by atoms with Crippen LogP contribution in [-0.2, 0) is 4.79 Å². The van der Waals surface area contributed by atoms with Crippen LogP contribution in [0, 0.1) is 0 Å². The average Bonchev–Trinajstić information content (AvgIpc) is 2.49. The molecule has 2 rings (SSSR count). The molecule has 2 aliphatic heterocycles. The zero-order valence-electron chi connectivity index (χ0n) is 6.82. The molecule has 62 valence electrons. The lowest BCUT2D eigenvalue weighted by Gasteiger charge is -2.22. The van der Waals surface area contributed by atoms with E-state index in [0.29, 0.717) is 0 Å². The number of carbonyl (C=O) groups is 1. The standard InChI is InChI=1S/C9H10N2O/c1-7(12)8-2-4-11-5-3-10-9(11)6-8/h2-6,9-10H,1H3. The first kappa shape index (κ1) is 7.16. The Balaban J connectivity index is 2.23. The van der Waals surface area contributed by atoms with E-state index in [1.54, 1.807) is 6.92 Å². The van der Waals surface area contributed by atoms with Gasteiger partial charge in [0, 0.05) is 24.2 Å². The maximum absolute atomic E-state index is 11.0. The number of nitrogens with one attached hydrogen (secondary N) is 1. The second-order valence-corrected chi connectivity index (χ2v) is 2.87. The molecular weight excluding hydrogens is 152 g/mol. The molecule has 0 aromatic rings. The Kier molecular flexibility index (Phi) is 1.50. The van der Waals surface area contributed by atoms with Crippen LogP contribution in [0.5, 0.6) is 0 Å². The molecule has 1 atom stereocenters. The van der Waals surface area contributed by atoms with Crippen molar-refractivity contribution in [3.63, 3.8) is 0 Å². The maximum Gasteiger partial charge on any atom is 0.159 e. The average molecular weight is 162 g/mol. The van der Waals surface area contributed by atoms with Crippen molar-refractivity contribution in [1.82, 2.24) is 10.2 Å². The second kappa shape index (κ2) is 2.52. The molecule has 0 bridgehead atoms. The second-order valence-electron chi connectivity index (χ2n) is 2.87. The van der Waals surface area contributed by atoms with Crippen LogP contribution in [0.2, 0.25) is 0 Å². The van der Waals surface area contributed by atoms with Crippen LogP contribution in [0.15, 0.2) is 36.3 Å². The zero-order valence-corrected chi connectivity index (χ0v) is 6.82. The van der Waals surface area contributed by atoms with Crippen molar-refractivity contribution in [3.05, 3.63) is 36.3 Å². The monoisotopic (exact) mass is 162 g/mol. The third-order valence-corrected chi connectivity index (χ3v) is 2.01. The highest BCUT2D eigenvalue weighted by Gasteiger charge is 2.18. The fourth-order valence-electron chi connectivity index (χ4n) is 1.31. The van der Waals surface area contributed by atoms with E-state index < -0.39 is 0 Å². The Morgan fingerprint density at radius 3 is 3.17 bits per heavy atom. The molecule has 2 heterocycles. The van der Waals surface area contributed by atoms with Crippen molar-refractivity contribution < 1.29 is 4.79 Å². The van der Waals surface area contributed by atoms with Gasteiger partial charge in [0.2, 0.25) is 0 Å². The lowest BCUT2D eigenvalue weighted by molar-refractivity contribution is -0.113. The van der Waals surface area contributed by atoms with Crippen molar-refractivity contribution in [3.8, 4) is 0 Å². The van der Waals surface area contributed by atoms with Crippen LogP contribution in [0.4, 0.5) is 0 Å². The molecule has 3 heteroatoms. The van der Waals surface area contributed by atoms with E-state index in [0.717, 1.165) is 5.57 Å². The first-order chi connectivity index (χ1) is 5.77. The van der Waals surface area contributed by atoms with Gasteiger partial charge in [0.05, 0.1) is 0 Å². The molecule has 0 radical (unpaired) electrons. The summed E-state index contributed by atoms with van der Waals surface area (Å²) in [5.74, 6) is 0.111. The molecule has 0 saturated heterocycles. The van der Waals surface area contributed by atoms with E-state index in [1.165, 1.54) is 0 Å². The molecular formula is C9H10N2O. The van der Waals surface area contributed by atoms with Gasteiger partial charge in [-0.2, -0.15) is 0 Å². The Labute approximate surface area is 71.0 Å². The highest BCUT2D eigenvalue weighted by molar-refractivity contribution is 5.96. The van der Waals surface area contributed by atoms with Crippen LogP contribution >= 0.6 is 0 Å². The van der Waals surface area contributed by atoms with Crippen molar-refractivity contribution >= 4 is 5.78 Å². The molecule has 0 saturated carbocycles. The van der Waals surface area contributed by atoms with Crippen molar-refractivity contribution in [1.29, 1.82) is 0 Å². The molecule has 3 nitrogen and oxygen atoms in total. The Morgan fingerprint density at radius 2 is 2.42 bits per heavy atom. The van der Waals surface area contributed by atoms with Crippen LogP contribution in [0.1, 0.15) is 6.92 Å². The summed E-state index contributed by atoms with van der Waals surface area (Å²) < 4.78 is 0. The van der Waals surface area contributed by atoms with Crippen molar-refractivity contribution in [2.45, 2.75) is 13.1 Å². The SMILES string of the molecule is CC(=O)C1=CC2NC=CN2C=C1. The molecule has 0 fully saturated rings. The van der Waals surface area contributed by atoms with Crippen molar-refractivity contribution in [2.24, 2.45) is 0 Å². The largest absolute Gasteiger partial charge is 0.366 e. The molecule has 0 aromatic heterocycles. The first-order valence-corrected chi connectivity index (χ1v) is 3.88. The lowest BCUT2D eigenvalue weighted by Crippen LogP contribution is -2.32. The zero-order chi connectivity index (χ0) is 8.55. The van der Waals surface area contributed by atoms with Crippen molar-refractivity contribution in [2.75, 3.05) is 0 Å². The van der Waals surface area contributed by atoms with Gasteiger partial charge in [-0.25, -0.2) is 0 Å². The molecule has 0 spiro atoms. The van der Waals surface area contributed by atoms with Crippen LogP contribution in [0.25, 0.3) is 0 Å². The van der Waals surface area contributed by atoms with Crippen LogP contribution in [0.3, 0.4) is 0 Å². The van der Waals surface area contributed by atoms with Crippen LogP contribution in [-0.4, -0.2) is 16.8 Å². The molecule has 2 aliphatic rings. The Bertz CT molecular complexity index is 302. The van der Waals surface area contributed by atoms with Gasteiger partial charge < -0.3 is 10.2 Å². The fraction of sp³-hybridized carbons (Fsp3) is 0.222. The number of Topliss-reactive ketones (excluding diaryl/α,β-unsaturated/α-hetero) is 1. The predicted octanol–water partition coefficient (Wildman–Crippen LogP) is 0.732. The molecule has 12 heavy (non-hydrogen) atoms. The summed E-state index contributed by atoms with van der Waals surface area (Å²) in [6.07, 6.45) is 9.59. The Morgan fingerprint density at radius 1 is 1.58 bits per heavy atom.